The Hall–Kier alpha value is -0.870. The molecule has 14 heavy (non-hydrogen) atoms. The van der Waals surface area contributed by atoms with Crippen molar-refractivity contribution in [2.75, 3.05) is 12.3 Å². The van der Waals surface area contributed by atoms with Crippen LogP contribution >= 0.6 is 12.4 Å². The Morgan fingerprint density at radius 3 is 2.64 bits per heavy atom. The summed E-state index contributed by atoms with van der Waals surface area (Å²) in [4.78, 5) is 0. The van der Waals surface area contributed by atoms with E-state index >= 15 is 0 Å². The Balaban J connectivity index is 0.00000169. The van der Waals surface area contributed by atoms with Crippen LogP contribution in [0.15, 0.2) is 24.3 Å². The molecular weight excluding hydrogens is 212 g/mol. The van der Waals surface area contributed by atoms with Crippen molar-refractivity contribution < 1.29 is 13.5 Å². The number of alkyl halides is 2. The zero-order valence-electron chi connectivity index (χ0n) is 7.45. The summed E-state index contributed by atoms with van der Waals surface area (Å²) in [6.45, 7) is -0.357. The van der Waals surface area contributed by atoms with Crippen molar-refractivity contribution >= 4 is 18.1 Å². The highest BCUT2D eigenvalue weighted by Gasteiger charge is 2.01. The van der Waals surface area contributed by atoms with E-state index in [1.807, 2.05) is 0 Å². The molecule has 0 bridgehead atoms. The van der Waals surface area contributed by atoms with Crippen molar-refractivity contribution in [3.05, 3.63) is 29.8 Å². The highest BCUT2D eigenvalue weighted by atomic mass is 35.5. The van der Waals surface area contributed by atoms with Gasteiger partial charge in [0.2, 0.25) is 0 Å². The zero-order valence-corrected chi connectivity index (χ0v) is 8.27. The van der Waals surface area contributed by atoms with Crippen molar-refractivity contribution in [1.29, 1.82) is 0 Å². The summed E-state index contributed by atoms with van der Waals surface area (Å²) in [7, 11) is 0. The molecule has 0 fully saturated rings. The second-order valence-electron chi connectivity index (χ2n) is 2.65. The van der Waals surface area contributed by atoms with Gasteiger partial charge < -0.3 is 10.5 Å². The van der Waals surface area contributed by atoms with E-state index in [4.69, 9.17) is 10.5 Å². The number of halogens is 3. The maximum Gasteiger partial charge on any atom is 0.261 e. The molecule has 0 spiro atoms. The number of nitrogen functional groups attached to an aromatic ring is 1. The van der Waals surface area contributed by atoms with E-state index < -0.39 is 13.0 Å². The molecule has 2 N–H and O–H groups in total. The van der Waals surface area contributed by atoms with Gasteiger partial charge in [-0.1, -0.05) is 12.1 Å². The SMILES string of the molecule is Cl.Nc1cccc(COCC(F)F)c1. The lowest BCUT2D eigenvalue weighted by atomic mass is 10.2. The maximum absolute atomic E-state index is 11.7. The predicted molar refractivity (Wildman–Crippen MR) is 53.8 cm³/mol. The lowest BCUT2D eigenvalue weighted by Gasteiger charge is -2.03. The number of benzene rings is 1. The van der Waals surface area contributed by atoms with Gasteiger partial charge in [0.1, 0.15) is 6.61 Å². The number of rotatable bonds is 4. The maximum atomic E-state index is 11.7. The second kappa shape index (κ2) is 6.56. The van der Waals surface area contributed by atoms with Crippen LogP contribution in [-0.2, 0) is 11.3 Å². The van der Waals surface area contributed by atoms with E-state index in [2.05, 4.69) is 0 Å². The van der Waals surface area contributed by atoms with Gasteiger partial charge >= 0.3 is 0 Å². The molecule has 0 saturated heterocycles. The Labute approximate surface area is 87.5 Å². The molecule has 1 aromatic rings. The molecule has 0 heterocycles. The number of anilines is 1. The van der Waals surface area contributed by atoms with Crippen LogP contribution in [-0.4, -0.2) is 13.0 Å². The molecule has 1 rings (SSSR count). The Kier molecular flexibility index (Phi) is 6.16. The van der Waals surface area contributed by atoms with Crippen LogP contribution < -0.4 is 5.73 Å². The van der Waals surface area contributed by atoms with E-state index in [-0.39, 0.29) is 19.0 Å². The quantitative estimate of drug-likeness (QED) is 0.796. The number of nitrogens with two attached hydrogens (primary N) is 1. The van der Waals surface area contributed by atoms with Gasteiger partial charge in [0.25, 0.3) is 6.43 Å². The summed E-state index contributed by atoms with van der Waals surface area (Å²) in [6, 6.07) is 6.97. The molecule has 5 heteroatoms. The Morgan fingerprint density at radius 1 is 1.36 bits per heavy atom. The summed E-state index contributed by atoms with van der Waals surface area (Å²) in [5, 5.41) is 0. The Bertz CT molecular complexity index is 271. The average molecular weight is 224 g/mol. The van der Waals surface area contributed by atoms with Crippen LogP contribution in [0.3, 0.4) is 0 Å². The first-order valence-electron chi connectivity index (χ1n) is 3.89. The van der Waals surface area contributed by atoms with Gasteiger partial charge in [-0.15, -0.1) is 12.4 Å². The first kappa shape index (κ1) is 13.1. The molecule has 0 unspecified atom stereocenters. The summed E-state index contributed by atoms with van der Waals surface area (Å²) in [6.07, 6.45) is -2.42. The molecule has 0 atom stereocenters. The van der Waals surface area contributed by atoms with E-state index in [1.165, 1.54) is 0 Å². The van der Waals surface area contributed by atoms with Crippen molar-refractivity contribution in [2.45, 2.75) is 13.0 Å². The smallest absolute Gasteiger partial charge is 0.261 e. The molecular formula is C9H12ClF2NO. The fraction of sp³-hybridized carbons (Fsp3) is 0.333. The van der Waals surface area contributed by atoms with E-state index in [9.17, 15) is 8.78 Å². The molecule has 80 valence electrons. The molecule has 0 aliphatic carbocycles. The lowest BCUT2D eigenvalue weighted by Crippen LogP contribution is -2.04. The van der Waals surface area contributed by atoms with Crippen LogP contribution in [0.25, 0.3) is 0 Å². The molecule has 0 amide bonds. The van der Waals surface area contributed by atoms with Crippen molar-refractivity contribution in [1.82, 2.24) is 0 Å². The summed E-state index contributed by atoms with van der Waals surface area (Å²) in [5.41, 5.74) is 6.90. The topological polar surface area (TPSA) is 35.2 Å². The molecule has 2 nitrogen and oxygen atoms in total. The van der Waals surface area contributed by atoms with Crippen LogP contribution in [0.1, 0.15) is 5.56 Å². The molecule has 1 aromatic carbocycles. The number of ether oxygens (including phenoxy) is 1. The van der Waals surface area contributed by atoms with Crippen LogP contribution in [0.4, 0.5) is 14.5 Å². The third-order valence-corrected chi connectivity index (χ3v) is 1.46. The molecule has 0 radical (unpaired) electrons. The monoisotopic (exact) mass is 223 g/mol. The van der Waals surface area contributed by atoms with Gasteiger partial charge in [-0.2, -0.15) is 0 Å². The van der Waals surface area contributed by atoms with Gasteiger partial charge in [0, 0.05) is 5.69 Å². The summed E-state index contributed by atoms with van der Waals surface area (Å²) in [5.74, 6) is 0. The molecule has 0 saturated carbocycles. The largest absolute Gasteiger partial charge is 0.399 e. The average Bonchev–Trinajstić information content (AvgIpc) is 2.03. The molecule has 0 aromatic heterocycles. The second-order valence-corrected chi connectivity index (χ2v) is 2.65. The fourth-order valence-electron chi connectivity index (χ4n) is 0.949. The Morgan fingerprint density at radius 2 is 2.07 bits per heavy atom. The van der Waals surface area contributed by atoms with E-state index in [0.29, 0.717) is 5.69 Å². The van der Waals surface area contributed by atoms with Crippen LogP contribution in [0.2, 0.25) is 0 Å². The zero-order chi connectivity index (χ0) is 9.68. The van der Waals surface area contributed by atoms with Gasteiger partial charge in [0.05, 0.1) is 6.61 Å². The van der Waals surface area contributed by atoms with Crippen LogP contribution in [0.5, 0.6) is 0 Å². The minimum atomic E-state index is -2.42. The third-order valence-electron chi connectivity index (χ3n) is 1.46. The number of hydrogen-bond donors (Lipinski definition) is 1. The van der Waals surface area contributed by atoms with Crippen molar-refractivity contribution in [2.24, 2.45) is 0 Å². The summed E-state index contributed by atoms with van der Waals surface area (Å²) < 4.78 is 28.1. The standard InChI is InChI=1S/C9H11F2NO.ClH/c10-9(11)6-13-5-7-2-1-3-8(12)4-7;/h1-4,9H,5-6,12H2;1H. The first-order chi connectivity index (χ1) is 6.18. The minimum Gasteiger partial charge on any atom is -0.399 e. The van der Waals surface area contributed by atoms with E-state index in [0.717, 1.165) is 5.56 Å². The minimum absolute atomic E-state index is 0. The van der Waals surface area contributed by atoms with Crippen molar-refractivity contribution in [3.8, 4) is 0 Å². The summed E-state index contributed by atoms with van der Waals surface area (Å²) >= 11 is 0. The third kappa shape index (κ3) is 4.99. The number of hydrogen-bond acceptors (Lipinski definition) is 2. The first-order valence-corrected chi connectivity index (χ1v) is 3.89. The van der Waals surface area contributed by atoms with Crippen LogP contribution in [0, 0.1) is 0 Å². The molecule has 0 aliphatic heterocycles. The van der Waals surface area contributed by atoms with Crippen molar-refractivity contribution in [3.63, 3.8) is 0 Å². The van der Waals surface area contributed by atoms with Gasteiger partial charge in [-0.3, -0.25) is 0 Å². The van der Waals surface area contributed by atoms with Gasteiger partial charge in [-0.05, 0) is 17.7 Å². The predicted octanol–water partition coefficient (Wildman–Crippen LogP) is 2.47. The van der Waals surface area contributed by atoms with Gasteiger partial charge in [0.15, 0.2) is 0 Å². The highest BCUT2D eigenvalue weighted by Crippen LogP contribution is 2.08. The molecule has 0 aliphatic rings. The fourth-order valence-corrected chi connectivity index (χ4v) is 0.949. The lowest BCUT2D eigenvalue weighted by molar-refractivity contribution is 0.00989. The van der Waals surface area contributed by atoms with Gasteiger partial charge in [-0.25, -0.2) is 8.78 Å². The highest BCUT2D eigenvalue weighted by molar-refractivity contribution is 5.85. The normalized spacial score (nSPS) is 9.93. The van der Waals surface area contributed by atoms with E-state index in [1.54, 1.807) is 24.3 Å².